The number of amides is 1. The van der Waals surface area contributed by atoms with Crippen LogP contribution in [-0.2, 0) is 11.2 Å². The lowest BCUT2D eigenvalue weighted by molar-refractivity contribution is -0.116. The van der Waals surface area contributed by atoms with Gasteiger partial charge < -0.3 is 15.5 Å². The zero-order valence-corrected chi connectivity index (χ0v) is 9.85. The zero-order valence-electron chi connectivity index (χ0n) is 9.85. The number of anilines is 1. The first-order valence-corrected chi connectivity index (χ1v) is 5.87. The lowest BCUT2D eigenvalue weighted by Gasteiger charge is -2.05. The molecule has 0 spiro atoms. The predicted octanol–water partition coefficient (Wildman–Crippen LogP) is 1.32. The molecule has 0 fully saturated rings. The van der Waals surface area contributed by atoms with Crippen LogP contribution in [0.5, 0.6) is 0 Å². The van der Waals surface area contributed by atoms with Crippen LogP contribution in [0.1, 0.15) is 24.8 Å². The summed E-state index contributed by atoms with van der Waals surface area (Å²) in [6, 6.07) is 7.43. The monoisotopic (exact) mass is 237 g/mol. The first-order valence-electron chi connectivity index (χ1n) is 5.87. The zero-order chi connectivity index (χ0) is 12.5. The third-order valence-corrected chi connectivity index (χ3v) is 2.45. The van der Waals surface area contributed by atoms with Gasteiger partial charge in [0.2, 0.25) is 5.91 Å². The van der Waals surface area contributed by atoms with Gasteiger partial charge in [-0.3, -0.25) is 4.79 Å². The SMILES string of the molecule is O=C(CCCCO)Nc1ccc(CCO)cc1. The number of carbonyl (C=O) groups excluding carboxylic acids is 1. The lowest BCUT2D eigenvalue weighted by atomic mass is 10.1. The van der Waals surface area contributed by atoms with Crippen molar-refractivity contribution in [3.8, 4) is 0 Å². The highest BCUT2D eigenvalue weighted by Crippen LogP contribution is 2.10. The van der Waals surface area contributed by atoms with Crippen molar-refractivity contribution in [1.82, 2.24) is 0 Å². The summed E-state index contributed by atoms with van der Waals surface area (Å²) < 4.78 is 0. The maximum Gasteiger partial charge on any atom is 0.224 e. The Balaban J connectivity index is 2.37. The first-order chi connectivity index (χ1) is 8.26. The smallest absolute Gasteiger partial charge is 0.224 e. The van der Waals surface area contributed by atoms with Gasteiger partial charge in [0.05, 0.1) is 0 Å². The molecule has 0 aliphatic carbocycles. The molecule has 1 amide bonds. The van der Waals surface area contributed by atoms with Gasteiger partial charge in [-0.25, -0.2) is 0 Å². The normalized spacial score (nSPS) is 10.2. The van der Waals surface area contributed by atoms with Crippen molar-refractivity contribution in [1.29, 1.82) is 0 Å². The summed E-state index contributed by atoms with van der Waals surface area (Å²) in [4.78, 5) is 11.5. The van der Waals surface area contributed by atoms with E-state index in [-0.39, 0.29) is 19.1 Å². The fourth-order valence-corrected chi connectivity index (χ4v) is 1.50. The maximum absolute atomic E-state index is 11.5. The van der Waals surface area contributed by atoms with E-state index in [4.69, 9.17) is 10.2 Å². The molecule has 0 aromatic heterocycles. The Bertz CT molecular complexity index is 335. The number of nitrogens with one attached hydrogen (secondary N) is 1. The minimum absolute atomic E-state index is 0.0339. The van der Waals surface area contributed by atoms with E-state index >= 15 is 0 Å². The molecule has 0 aliphatic rings. The Kier molecular flexibility index (Phi) is 6.29. The van der Waals surface area contributed by atoms with Crippen molar-refractivity contribution >= 4 is 11.6 Å². The molecule has 4 heteroatoms. The molecule has 94 valence electrons. The molecule has 0 aliphatic heterocycles. The number of hydrogen-bond acceptors (Lipinski definition) is 3. The van der Waals surface area contributed by atoms with Crippen LogP contribution >= 0.6 is 0 Å². The van der Waals surface area contributed by atoms with Gasteiger partial charge in [-0.15, -0.1) is 0 Å². The third-order valence-electron chi connectivity index (χ3n) is 2.45. The Morgan fingerprint density at radius 2 is 1.76 bits per heavy atom. The molecular weight excluding hydrogens is 218 g/mol. The maximum atomic E-state index is 11.5. The molecule has 0 heterocycles. The summed E-state index contributed by atoms with van der Waals surface area (Å²) in [7, 11) is 0. The fourth-order valence-electron chi connectivity index (χ4n) is 1.50. The summed E-state index contributed by atoms with van der Waals surface area (Å²) in [6.45, 7) is 0.260. The summed E-state index contributed by atoms with van der Waals surface area (Å²) in [5.41, 5.74) is 1.81. The van der Waals surface area contributed by atoms with Gasteiger partial charge in [0, 0.05) is 25.3 Å². The Morgan fingerprint density at radius 3 is 2.35 bits per heavy atom. The van der Waals surface area contributed by atoms with E-state index in [1.165, 1.54) is 0 Å². The standard InChI is InChI=1S/C13H19NO3/c15-9-2-1-3-13(17)14-12-6-4-11(5-7-12)8-10-16/h4-7,15-16H,1-3,8-10H2,(H,14,17). The van der Waals surface area contributed by atoms with Crippen molar-refractivity contribution in [2.24, 2.45) is 0 Å². The minimum Gasteiger partial charge on any atom is -0.396 e. The van der Waals surface area contributed by atoms with E-state index in [2.05, 4.69) is 5.32 Å². The molecule has 0 unspecified atom stereocenters. The van der Waals surface area contributed by atoms with E-state index in [0.29, 0.717) is 25.7 Å². The van der Waals surface area contributed by atoms with Crippen LogP contribution in [0.3, 0.4) is 0 Å². The van der Waals surface area contributed by atoms with E-state index < -0.39 is 0 Å². The number of unbranched alkanes of at least 4 members (excludes halogenated alkanes) is 1. The highest BCUT2D eigenvalue weighted by atomic mass is 16.3. The molecule has 0 saturated carbocycles. The second-order valence-corrected chi connectivity index (χ2v) is 3.90. The number of benzene rings is 1. The summed E-state index contributed by atoms with van der Waals surface area (Å²) in [5.74, 6) is -0.0339. The van der Waals surface area contributed by atoms with Crippen LogP contribution < -0.4 is 5.32 Å². The Labute approximate surface area is 101 Å². The average Bonchev–Trinajstić information content (AvgIpc) is 2.32. The molecule has 4 nitrogen and oxygen atoms in total. The summed E-state index contributed by atoms with van der Waals surface area (Å²) in [6.07, 6.45) is 2.41. The van der Waals surface area contributed by atoms with Gasteiger partial charge in [0.1, 0.15) is 0 Å². The van der Waals surface area contributed by atoms with Gasteiger partial charge in [-0.2, -0.15) is 0 Å². The molecule has 17 heavy (non-hydrogen) atoms. The number of aliphatic hydroxyl groups is 2. The molecule has 1 aromatic rings. The van der Waals surface area contributed by atoms with Gasteiger partial charge in [-0.05, 0) is 37.0 Å². The molecule has 0 bridgehead atoms. The topological polar surface area (TPSA) is 69.6 Å². The average molecular weight is 237 g/mol. The number of rotatable bonds is 7. The van der Waals surface area contributed by atoms with Crippen molar-refractivity contribution in [3.05, 3.63) is 29.8 Å². The van der Waals surface area contributed by atoms with E-state index in [9.17, 15) is 4.79 Å². The van der Waals surface area contributed by atoms with E-state index in [1.807, 2.05) is 24.3 Å². The molecule has 1 rings (SSSR count). The number of hydrogen-bond donors (Lipinski definition) is 3. The highest BCUT2D eigenvalue weighted by Gasteiger charge is 2.01. The molecule has 0 radical (unpaired) electrons. The molecular formula is C13H19NO3. The molecule has 3 N–H and O–H groups in total. The first kappa shape index (κ1) is 13.7. The van der Waals surface area contributed by atoms with Crippen molar-refractivity contribution in [3.63, 3.8) is 0 Å². The van der Waals surface area contributed by atoms with E-state index in [1.54, 1.807) is 0 Å². The van der Waals surface area contributed by atoms with Gasteiger partial charge in [-0.1, -0.05) is 12.1 Å². The molecule has 0 atom stereocenters. The molecule has 1 aromatic carbocycles. The van der Waals surface area contributed by atoms with Gasteiger partial charge >= 0.3 is 0 Å². The fraction of sp³-hybridized carbons (Fsp3) is 0.462. The largest absolute Gasteiger partial charge is 0.396 e. The lowest BCUT2D eigenvalue weighted by Crippen LogP contribution is -2.11. The van der Waals surface area contributed by atoms with Crippen molar-refractivity contribution < 1.29 is 15.0 Å². The highest BCUT2D eigenvalue weighted by molar-refractivity contribution is 5.90. The second-order valence-electron chi connectivity index (χ2n) is 3.90. The molecule has 0 saturated heterocycles. The van der Waals surface area contributed by atoms with Crippen LogP contribution in [0.25, 0.3) is 0 Å². The van der Waals surface area contributed by atoms with E-state index in [0.717, 1.165) is 11.3 Å². The van der Waals surface area contributed by atoms with Gasteiger partial charge in [0.25, 0.3) is 0 Å². The third kappa shape index (κ3) is 5.47. The van der Waals surface area contributed by atoms with Gasteiger partial charge in [0.15, 0.2) is 0 Å². The Hall–Kier alpha value is -1.39. The summed E-state index contributed by atoms with van der Waals surface area (Å²) >= 11 is 0. The van der Waals surface area contributed by atoms with Crippen LogP contribution in [-0.4, -0.2) is 29.3 Å². The van der Waals surface area contributed by atoms with Crippen molar-refractivity contribution in [2.75, 3.05) is 18.5 Å². The predicted molar refractivity (Wildman–Crippen MR) is 66.8 cm³/mol. The van der Waals surface area contributed by atoms with Crippen LogP contribution in [0.4, 0.5) is 5.69 Å². The quantitative estimate of drug-likeness (QED) is 0.626. The van der Waals surface area contributed by atoms with Crippen LogP contribution in [0, 0.1) is 0 Å². The minimum atomic E-state index is -0.0339. The Morgan fingerprint density at radius 1 is 1.06 bits per heavy atom. The van der Waals surface area contributed by atoms with Crippen LogP contribution in [0.2, 0.25) is 0 Å². The summed E-state index contributed by atoms with van der Waals surface area (Å²) in [5, 5.41) is 20.1. The number of carbonyl (C=O) groups is 1. The van der Waals surface area contributed by atoms with Crippen LogP contribution in [0.15, 0.2) is 24.3 Å². The number of aliphatic hydroxyl groups excluding tert-OH is 2. The van der Waals surface area contributed by atoms with Crippen molar-refractivity contribution in [2.45, 2.75) is 25.7 Å². The second kappa shape index (κ2) is 7.81.